The normalized spacial score (nSPS) is 10.4. The summed E-state index contributed by atoms with van der Waals surface area (Å²) in [5, 5.41) is 0. The standard InChI is InChI=1S/C32H32N2/c1-4-11-32(28-16-20-30(21-17-28)33(2)24-26-12-7-5-8-13-26)29-18-22-31(23-19-29)34(3)25-27-14-9-6-10-15-27/h4-23H,1,24-25H2,2-3H3. The van der Waals surface area contributed by atoms with Gasteiger partial charge in [-0.2, -0.15) is 0 Å². The minimum Gasteiger partial charge on any atom is -0.370 e. The van der Waals surface area contributed by atoms with Crippen LogP contribution in [0.4, 0.5) is 11.4 Å². The molecule has 34 heavy (non-hydrogen) atoms. The van der Waals surface area contributed by atoms with Gasteiger partial charge >= 0.3 is 0 Å². The van der Waals surface area contributed by atoms with E-state index in [4.69, 9.17) is 0 Å². The van der Waals surface area contributed by atoms with Crippen LogP contribution in [0.3, 0.4) is 0 Å². The van der Waals surface area contributed by atoms with Gasteiger partial charge in [0.1, 0.15) is 0 Å². The summed E-state index contributed by atoms with van der Waals surface area (Å²) in [4.78, 5) is 4.54. The predicted octanol–water partition coefficient (Wildman–Crippen LogP) is 7.58. The maximum Gasteiger partial charge on any atom is 0.0426 e. The Hall–Kier alpha value is -4.04. The first-order valence-corrected chi connectivity index (χ1v) is 11.7. The largest absolute Gasteiger partial charge is 0.370 e. The van der Waals surface area contributed by atoms with Crippen molar-refractivity contribution in [2.45, 2.75) is 13.1 Å². The van der Waals surface area contributed by atoms with E-state index in [0.717, 1.165) is 13.1 Å². The van der Waals surface area contributed by atoms with Gasteiger partial charge in [0, 0.05) is 38.6 Å². The Balaban J connectivity index is 1.48. The van der Waals surface area contributed by atoms with Crippen LogP contribution in [-0.2, 0) is 13.1 Å². The molecule has 4 aromatic carbocycles. The lowest BCUT2D eigenvalue weighted by Crippen LogP contribution is -2.16. The zero-order valence-corrected chi connectivity index (χ0v) is 20.1. The highest BCUT2D eigenvalue weighted by Gasteiger charge is 2.08. The van der Waals surface area contributed by atoms with Crippen molar-refractivity contribution >= 4 is 16.9 Å². The monoisotopic (exact) mass is 444 g/mol. The minimum atomic E-state index is 0.882. The van der Waals surface area contributed by atoms with Crippen molar-refractivity contribution in [1.82, 2.24) is 0 Å². The van der Waals surface area contributed by atoms with Crippen LogP contribution in [0.5, 0.6) is 0 Å². The highest BCUT2D eigenvalue weighted by molar-refractivity contribution is 5.82. The van der Waals surface area contributed by atoms with Crippen molar-refractivity contribution in [2.75, 3.05) is 23.9 Å². The van der Waals surface area contributed by atoms with E-state index in [2.05, 4.69) is 146 Å². The first-order valence-electron chi connectivity index (χ1n) is 11.7. The topological polar surface area (TPSA) is 6.48 Å². The zero-order valence-electron chi connectivity index (χ0n) is 20.1. The fraction of sp³-hybridized carbons (Fsp3) is 0.125. The van der Waals surface area contributed by atoms with Gasteiger partial charge in [0.2, 0.25) is 0 Å². The molecule has 4 aromatic rings. The number of hydrogen-bond donors (Lipinski definition) is 0. The third-order valence-corrected chi connectivity index (χ3v) is 6.05. The summed E-state index contributed by atoms with van der Waals surface area (Å²) in [6.07, 6.45) is 3.95. The van der Waals surface area contributed by atoms with Crippen LogP contribution in [0.1, 0.15) is 22.3 Å². The molecular weight excluding hydrogens is 412 g/mol. The number of anilines is 2. The second kappa shape index (κ2) is 11.2. The Morgan fingerprint density at radius 2 is 0.971 bits per heavy atom. The quantitative estimate of drug-likeness (QED) is 0.246. The summed E-state index contributed by atoms with van der Waals surface area (Å²) in [7, 11) is 4.26. The average Bonchev–Trinajstić information content (AvgIpc) is 2.89. The molecule has 0 N–H and O–H groups in total. The smallest absolute Gasteiger partial charge is 0.0426 e. The maximum absolute atomic E-state index is 3.94. The van der Waals surface area contributed by atoms with Gasteiger partial charge in [0.25, 0.3) is 0 Å². The second-order valence-electron chi connectivity index (χ2n) is 8.59. The third-order valence-electron chi connectivity index (χ3n) is 6.05. The molecule has 170 valence electrons. The molecule has 0 amide bonds. The molecule has 0 saturated heterocycles. The lowest BCUT2D eigenvalue weighted by Gasteiger charge is -2.21. The van der Waals surface area contributed by atoms with Gasteiger partial charge in [-0.05, 0) is 52.1 Å². The van der Waals surface area contributed by atoms with E-state index < -0.39 is 0 Å². The molecule has 0 radical (unpaired) electrons. The van der Waals surface area contributed by atoms with Gasteiger partial charge in [0.15, 0.2) is 0 Å². The van der Waals surface area contributed by atoms with E-state index in [1.54, 1.807) is 0 Å². The Bertz CT molecular complexity index is 1110. The molecule has 0 atom stereocenters. The first-order chi connectivity index (χ1) is 16.6. The van der Waals surface area contributed by atoms with Gasteiger partial charge in [-0.1, -0.05) is 104 Å². The van der Waals surface area contributed by atoms with E-state index in [1.165, 1.54) is 39.2 Å². The Kier molecular flexibility index (Phi) is 7.62. The minimum absolute atomic E-state index is 0.882. The average molecular weight is 445 g/mol. The van der Waals surface area contributed by atoms with Gasteiger partial charge in [-0.25, -0.2) is 0 Å². The van der Waals surface area contributed by atoms with Crippen LogP contribution in [0.2, 0.25) is 0 Å². The molecule has 0 saturated carbocycles. The van der Waals surface area contributed by atoms with E-state index in [0.29, 0.717) is 0 Å². The molecule has 0 heterocycles. The molecule has 0 spiro atoms. The van der Waals surface area contributed by atoms with Crippen molar-refractivity contribution in [3.05, 3.63) is 150 Å². The number of nitrogens with zero attached hydrogens (tertiary/aromatic N) is 2. The van der Waals surface area contributed by atoms with Crippen LogP contribution in [0, 0.1) is 0 Å². The Morgan fingerprint density at radius 1 is 0.588 bits per heavy atom. The molecule has 2 heteroatoms. The Morgan fingerprint density at radius 3 is 1.32 bits per heavy atom. The molecule has 0 fully saturated rings. The molecule has 0 bridgehead atoms. The summed E-state index contributed by atoms with van der Waals surface area (Å²) in [6.45, 7) is 5.71. The number of rotatable bonds is 9. The van der Waals surface area contributed by atoms with Crippen molar-refractivity contribution < 1.29 is 0 Å². The van der Waals surface area contributed by atoms with E-state index in [-0.39, 0.29) is 0 Å². The summed E-state index contributed by atoms with van der Waals surface area (Å²) < 4.78 is 0. The van der Waals surface area contributed by atoms with Crippen molar-refractivity contribution in [2.24, 2.45) is 0 Å². The molecule has 2 nitrogen and oxygen atoms in total. The molecule has 0 aliphatic rings. The lowest BCUT2D eigenvalue weighted by atomic mass is 9.96. The SMILES string of the molecule is C=CC=C(c1ccc(N(C)Cc2ccccc2)cc1)c1ccc(N(C)Cc2ccccc2)cc1. The summed E-state index contributed by atoms with van der Waals surface area (Å²) >= 11 is 0. The molecular formula is C32H32N2. The summed E-state index contributed by atoms with van der Waals surface area (Å²) in [5.41, 5.74) is 8.54. The number of allylic oxidation sites excluding steroid dienone is 2. The highest BCUT2D eigenvalue weighted by atomic mass is 15.1. The zero-order chi connectivity index (χ0) is 23.8. The van der Waals surface area contributed by atoms with Gasteiger partial charge < -0.3 is 9.80 Å². The van der Waals surface area contributed by atoms with Crippen LogP contribution >= 0.6 is 0 Å². The van der Waals surface area contributed by atoms with Gasteiger partial charge in [-0.3, -0.25) is 0 Å². The van der Waals surface area contributed by atoms with Crippen LogP contribution in [-0.4, -0.2) is 14.1 Å². The second-order valence-corrected chi connectivity index (χ2v) is 8.59. The molecule has 0 aliphatic heterocycles. The highest BCUT2D eigenvalue weighted by Crippen LogP contribution is 2.28. The number of benzene rings is 4. The van der Waals surface area contributed by atoms with Crippen molar-refractivity contribution in [3.63, 3.8) is 0 Å². The van der Waals surface area contributed by atoms with Crippen LogP contribution in [0.15, 0.2) is 128 Å². The fourth-order valence-corrected chi connectivity index (χ4v) is 4.17. The maximum atomic E-state index is 3.94. The Labute approximate surface area is 204 Å². The van der Waals surface area contributed by atoms with Crippen LogP contribution < -0.4 is 9.80 Å². The molecule has 4 rings (SSSR count). The van der Waals surface area contributed by atoms with E-state index >= 15 is 0 Å². The molecule has 0 aromatic heterocycles. The van der Waals surface area contributed by atoms with Gasteiger partial charge in [-0.15, -0.1) is 0 Å². The first kappa shape index (κ1) is 23.1. The van der Waals surface area contributed by atoms with E-state index in [9.17, 15) is 0 Å². The van der Waals surface area contributed by atoms with Crippen molar-refractivity contribution in [3.8, 4) is 0 Å². The lowest BCUT2D eigenvalue weighted by molar-refractivity contribution is 0.923. The summed E-state index contributed by atoms with van der Waals surface area (Å²) in [6, 6.07) is 38.7. The predicted molar refractivity (Wildman–Crippen MR) is 147 cm³/mol. The molecule has 0 aliphatic carbocycles. The van der Waals surface area contributed by atoms with Gasteiger partial charge in [0.05, 0.1) is 0 Å². The van der Waals surface area contributed by atoms with Crippen LogP contribution in [0.25, 0.3) is 5.57 Å². The fourth-order valence-electron chi connectivity index (χ4n) is 4.17. The third kappa shape index (κ3) is 5.85. The van der Waals surface area contributed by atoms with Crippen molar-refractivity contribution in [1.29, 1.82) is 0 Å². The van der Waals surface area contributed by atoms with E-state index in [1.807, 2.05) is 6.08 Å². The summed E-state index contributed by atoms with van der Waals surface area (Å²) in [5.74, 6) is 0. The number of hydrogen-bond acceptors (Lipinski definition) is 2. The molecule has 0 unspecified atom stereocenters.